The van der Waals surface area contributed by atoms with Gasteiger partial charge in [0.15, 0.2) is 11.5 Å². The van der Waals surface area contributed by atoms with Crippen molar-refractivity contribution < 1.29 is 23.9 Å². The second kappa shape index (κ2) is 11.4. The predicted molar refractivity (Wildman–Crippen MR) is 177 cm³/mol. The molecule has 3 aromatic carbocycles. The first-order valence-corrected chi connectivity index (χ1v) is 16.4. The minimum absolute atomic E-state index is 0.124. The number of imide groups is 2. The van der Waals surface area contributed by atoms with Crippen molar-refractivity contribution in [3.63, 3.8) is 0 Å². The fraction of sp³-hybridized carbons (Fsp3) is 0.361. The normalized spacial score (nSPS) is 26.7. The summed E-state index contributed by atoms with van der Waals surface area (Å²) in [6.07, 6.45) is 9.32. The van der Waals surface area contributed by atoms with E-state index in [9.17, 15) is 14.4 Å². The lowest BCUT2D eigenvalue weighted by Gasteiger charge is -2.57. The molecule has 44 heavy (non-hydrogen) atoms. The molecule has 0 unspecified atom stereocenters. The summed E-state index contributed by atoms with van der Waals surface area (Å²) in [6, 6.07) is 18.8. The first kappa shape index (κ1) is 29.1. The van der Waals surface area contributed by atoms with Crippen molar-refractivity contribution in [2.45, 2.75) is 57.5 Å². The first-order valence-electron chi connectivity index (χ1n) is 15.3. The molecule has 8 rings (SSSR count). The Hall–Kier alpha value is -3.66. The number of nitrogens with zero attached hydrogens (tertiary/aromatic N) is 1. The number of aryl methyl sites for hydroxylation is 1. The highest BCUT2D eigenvalue weighted by atomic mass is 127. The molecule has 1 N–H and O–H groups in total. The number of hydrogen-bond acceptors (Lipinski definition) is 5. The van der Waals surface area contributed by atoms with Gasteiger partial charge in [0.1, 0.15) is 12.2 Å². The maximum Gasteiger partial charge on any atom is 0.335 e. The molecular weight excluding hydrogens is 667 g/mol. The average Bonchev–Trinajstić information content (AvgIpc) is 2.98. The summed E-state index contributed by atoms with van der Waals surface area (Å²) < 4.78 is 12.5. The van der Waals surface area contributed by atoms with Gasteiger partial charge in [0, 0.05) is 0 Å². The number of rotatable bonds is 7. The van der Waals surface area contributed by atoms with Crippen molar-refractivity contribution in [1.82, 2.24) is 5.32 Å². The van der Waals surface area contributed by atoms with Crippen LogP contribution in [0.2, 0.25) is 0 Å². The van der Waals surface area contributed by atoms with Crippen LogP contribution in [0.25, 0.3) is 6.08 Å². The largest absolute Gasteiger partial charge is 0.493 e. The number of anilines is 1. The fourth-order valence-electron chi connectivity index (χ4n) is 8.41. The number of nitrogens with one attached hydrogen (secondary N) is 1. The highest BCUT2D eigenvalue weighted by Gasteiger charge is 2.51. The lowest BCUT2D eigenvalue weighted by Crippen LogP contribution is -2.54. The third-order valence-electron chi connectivity index (χ3n) is 9.91. The number of amides is 4. The maximum atomic E-state index is 13.7. The van der Waals surface area contributed by atoms with Crippen LogP contribution in [-0.2, 0) is 21.6 Å². The SMILES string of the molecule is COc1cc(/C=C2\C(=O)NC(=O)N(c3ccc(C45CC6CC(CC(C6)C4)C5)cc3)C2=O)cc(I)c1OCc1cccc(C)c1. The summed E-state index contributed by atoms with van der Waals surface area (Å²) in [7, 11) is 1.55. The summed E-state index contributed by atoms with van der Waals surface area (Å²) in [5.41, 5.74) is 4.62. The molecule has 3 aromatic rings. The zero-order chi connectivity index (χ0) is 30.6. The zero-order valence-corrected chi connectivity index (χ0v) is 27.1. The summed E-state index contributed by atoms with van der Waals surface area (Å²) >= 11 is 2.16. The van der Waals surface area contributed by atoms with Crippen molar-refractivity contribution in [2.75, 3.05) is 12.0 Å². The molecule has 4 bridgehead atoms. The molecule has 4 aliphatic carbocycles. The Labute approximate surface area is 271 Å². The van der Waals surface area contributed by atoms with Crippen LogP contribution in [0.5, 0.6) is 11.5 Å². The van der Waals surface area contributed by atoms with Gasteiger partial charge in [0.2, 0.25) is 0 Å². The lowest BCUT2D eigenvalue weighted by atomic mass is 9.48. The van der Waals surface area contributed by atoms with E-state index in [2.05, 4.69) is 46.1 Å². The van der Waals surface area contributed by atoms with Crippen molar-refractivity contribution in [1.29, 1.82) is 0 Å². The summed E-state index contributed by atoms with van der Waals surface area (Å²) in [5, 5.41) is 2.35. The third kappa shape index (κ3) is 5.31. The van der Waals surface area contributed by atoms with Gasteiger partial charge in [0.05, 0.1) is 16.4 Å². The number of barbiturate groups is 1. The molecule has 1 saturated heterocycles. The fourth-order valence-corrected chi connectivity index (χ4v) is 9.19. The molecule has 0 atom stereocenters. The quantitative estimate of drug-likeness (QED) is 0.159. The van der Waals surface area contributed by atoms with E-state index in [1.807, 2.05) is 43.3 Å². The van der Waals surface area contributed by atoms with Gasteiger partial charge in [-0.3, -0.25) is 14.9 Å². The average molecular weight is 703 g/mol. The van der Waals surface area contributed by atoms with Gasteiger partial charge in [0.25, 0.3) is 11.8 Å². The molecule has 226 valence electrons. The smallest absolute Gasteiger partial charge is 0.335 e. The second-order valence-corrected chi connectivity index (χ2v) is 14.2. The second-order valence-electron chi connectivity index (χ2n) is 13.0. The van der Waals surface area contributed by atoms with Crippen LogP contribution in [0.4, 0.5) is 10.5 Å². The van der Waals surface area contributed by atoms with E-state index in [0.717, 1.165) is 37.4 Å². The Balaban J connectivity index is 1.13. The Kier molecular flexibility index (Phi) is 7.51. The lowest BCUT2D eigenvalue weighted by molar-refractivity contribution is -0.122. The highest BCUT2D eigenvalue weighted by molar-refractivity contribution is 14.1. The Morgan fingerprint density at radius 2 is 1.64 bits per heavy atom. The number of benzene rings is 3. The molecule has 0 spiro atoms. The molecule has 5 aliphatic rings. The molecule has 4 amide bonds. The number of carbonyl (C=O) groups is 3. The number of halogens is 1. The minimum atomic E-state index is -0.744. The van der Waals surface area contributed by atoms with E-state index in [1.54, 1.807) is 13.2 Å². The van der Waals surface area contributed by atoms with Crippen LogP contribution in [0.3, 0.4) is 0 Å². The standard InChI is InChI=1S/C36H35IN2O5/c1-21-4-3-5-22(10-21)20-44-32-30(37)15-23(16-31(32)43-2)14-29-33(40)38-35(42)39(34(29)41)28-8-6-27(7-9-28)36-17-24-11-25(18-36)13-26(12-24)19-36/h3-10,14-16,24-26H,11-13,17-20H2,1-2H3,(H,38,40,42)/b29-14+. The van der Waals surface area contributed by atoms with Gasteiger partial charge in [-0.1, -0.05) is 42.0 Å². The number of carbonyl (C=O) groups excluding carboxylic acids is 3. The van der Waals surface area contributed by atoms with Gasteiger partial charge in [-0.15, -0.1) is 0 Å². The van der Waals surface area contributed by atoms with Crippen molar-refractivity contribution in [2.24, 2.45) is 17.8 Å². The first-order chi connectivity index (χ1) is 21.2. The van der Waals surface area contributed by atoms with Crippen LogP contribution in [0.15, 0.2) is 66.2 Å². The predicted octanol–water partition coefficient (Wildman–Crippen LogP) is 7.32. The van der Waals surface area contributed by atoms with E-state index >= 15 is 0 Å². The van der Waals surface area contributed by atoms with Crippen LogP contribution < -0.4 is 19.7 Å². The highest BCUT2D eigenvalue weighted by Crippen LogP contribution is 2.60. The summed E-state index contributed by atoms with van der Waals surface area (Å²) in [4.78, 5) is 40.6. The Morgan fingerprint density at radius 1 is 0.955 bits per heavy atom. The molecule has 5 fully saturated rings. The van der Waals surface area contributed by atoms with E-state index in [1.165, 1.54) is 50.2 Å². The van der Waals surface area contributed by atoms with Gasteiger partial charge >= 0.3 is 6.03 Å². The van der Waals surface area contributed by atoms with Crippen molar-refractivity contribution in [3.8, 4) is 11.5 Å². The summed E-state index contributed by atoms with van der Waals surface area (Å²) in [5.74, 6) is 2.14. The van der Waals surface area contributed by atoms with E-state index < -0.39 is 17.8 Å². The number of ether oxygens (including phenoxy) is 2. The summed E-state index contributed by atoms with van der Waals surface area (Å²) in [6.45, 7) is 2.40. The van der Waals surface area contributed by atoms with Crippen molar-refractivity contribution >= 4 is 52.2 Å². The van der Waals surface area contributed by atoms with Gasteiger partial charge in [-0.05, 0) is 138 Å². The minimum Gasteiger partial charge on any atom is -0.493 e. The molecule has 4 saturated carbocycles. The van der Waals surface area contributed by atoms with Crippen LogP contribution in [0.1, 0.15) is 60.8 Å². The van der Waals surface area contributed by atoms with E-state index in [4.69, 9.17) is 9.47 Å². The Bertz CT molecular complexity index is 1660. The van der Waals surface area contributed by atoms with E-state index in [0.29, 0.717) is 29.4 Å². The third-order valence-corrected chi connectivity index (χ3v) is 10.7. The van der Waals surface area contributed by atoms with Crippen molar-refractivity contribution in [3.05, 3.63) is 92.1 Å². The Morgan fingerprint density at radius 3 is 2.27 bits per heavy atom. The molecule has 1 aliphatic heterocycles. The number of hydrogen-bond donors (Lipinski definition) is 1. The maximum absolute atomic E-state index is 13.7. The van der Waals surface area contributed by atoms with Crippen LogP contribution >= 0.6 is 22.6 Å². The topological polar surface area (TPSA) is 84.9 Å². The molecule has 1 heterocycles. The monoisotopic (exact) mass is 702 g/mol. The number of urea groups is 1. The van der Waals surface area contributed by atoms with E-state index in [-0.39, 0.29) is 11.0 Å². The van der Waals surface area contributed by atoms with Crippen LogP contribution in [-0.4, -0.2) is 25.0 Å². The zero-order valence-electron chi connectivity index (χ0n) is 24.9. The molecule has 0 aromatic heterocycles. The molecular formula is C36H35IN2O5. The molecule has 0 radical (unpaired) electrons. The van der Waals surface area contributed by atoms with Gasteiger partial charge in [-0.25, -0.2) is 9.69 Å². The van der Waals surface area contributed by atoms with Crippen LogP contribution in [0, 0.1) is 28.2 Å². The molecule has 7 nitrogen and oxygen atoms in total. The number of methoxy groups -OCH3 is 1. The van der Waals surface area contributed by atoms with Gasteiger partial charge < -0.3 is 9.47 Å². The molecule has 8 heteroatoms. The van der Waals surface area contributed by atoms with Gasteiger partial charge in [-0.2, -0.15) is 0 Å².